The van der Waals surface area contributed by atoms with E-state index < -0.39 is 5.97 Å². The topological polar surface area (TPSA) is 63.1 Å². The fraction of sp³-hybridized carbons (Fsp3) is 0.500. The van der Waals surface area contributed by atoms with Gasteiger partial charge in [0.05, 0.1) is 0 Å². The summed E-state index contributed by atoms with van der Waals surface area (Å²) < 4.78 is 0. The highest BCUT2D eigenvalue weighted by Crippen LogP contribution is 2.16. The van der Waals surface area contributed by atoms with Crippen LogP contribution in [0.15, 0.2) is 6.07 Å². The van der Waals surface area contributed by atoms with Gasteiger partial charge in [-0.3, -0.25) is 0 Å². The highest BCUT2D eigenvalue weighted by atomic mass is 16.4. The summed E-state index contributed by atoms with van der Waals surface area (Å²) in [6.07, 6.45) is 0.940. The number of hydrogen-bond donors (Lipinski definition) is 1. The third-order valence-electron chi connectivity index (χ3n) is 2.19. The molecule has 0 spiro atoms. The second-order valence-electron chi connectivity index (χ2n) is 3.34. The van der Waals surface area contributed by atoms with Crippen molar-refractivity contribution in [2.75, 3.05) is 0 Å². The zero-order valence-corrected chi connectivity index (χ0v) is 8.61. The molecule has 0 aromatic carbocycles. The van der Waals surface area contributed by atoms with Crippen molar-refractivity contribution in [3.63, 3.8) is 0 Å². The lowest BCUT2D eigenvalue weighted by Gasteiger charge is -2.08. The van der Waals surface area contributed by atoms with Gasteiger partial charge in [-0.25, -0.2) is 14.8 Å². The Bertz CT molecular complexity index is 350. The first-order valence-corrected chi connectivity index (χ1v) is 4.63. The van der Waals surface area contributed by atoms with E-state index in [1.54, 1.807) is 13.0 Å². The van der Waals surface area contributed by atoms with E-state index in [4.69, 9.17) is 5.11 Å². The quantitative estimate of drug-likeness (QED) is 0.799. The molecule has 1 N–H and O–H groups in total. The van der Waals surface area contributed by atoms with Gasteiger partial charge in [0.1, 0.15) is 5.82 Å². The first-order chi connectivity index (χ1) is 6.54. The Kier molecular flexibility index (Phi) is 3.17. The maximum Gasteiger partial charge on any atom is 0.354 e. The molecule has 1 aromatic heterocycles. The van der Waals surface area contributed by atoms with Crippen molar-refractivity contribution in [1.82, 2.24) is 9.97 Å². The third kappa shape index (κ3) is 2.28. The van der Waals surface area contributed by atoms with Crippen LogP contribution in [0.3, 0.4) is 0 Å². The zero-order chi connectivity index (χ0) is 10.7. The van der Waals surface area contributed by atoms with Gasteiger partial charge in [-0.2, -0.15) is 0 Å². The van der Waals surface area contributed by atoms with Crippen molar-refractivity contribution >= 4 is 5.97 Å². The van der Waals surface area contributed by atoms with Crippen LogP contribution in [0.2, 0.25) is 0 Å². The maximum absolute atomic E-state index is 10.7. The van der Waals surface area contributed by atoms with Crippen LogP contribution in [0.5, 0.6) is 0 Å². The van der Waals surface area contributed by atoms with Crippen molar-refractivity contribution in [3.05, 3.63) is 23.3 Å². The smallest absolute Gasteiger partial charge is 0.354 e. The largest absolute Gasteiger partial charge is 0.477 e. The van der Waals surface area contributed by atoms with Gasteiger partial charge in [-0.1, -0.05) is 13.8 Å². The first-order valence-electron chi connectivity index (χ1n) is 4.63. The van der Waals surface area contributed by atoms with Gasteiger partial charge in [-0.05, 0) is 25.3 Å². The lowest BCUT2D eigenvalue weighted by Crippen LogP contribution is -2.07. The molecule has 0 bridgehead atoms. The van der Waals surface area contributed by atoms with Crippen LogP contribution >= 0.6 is 0 Å². The molecule has 14 heavy (non-hydrogen) atoms. The van der Waals surface area contributed by atoms with Crippen molar-refractivity contribution in [2.24, 2.45) is 0 Å². The normalized spacial score (nSPS) is 12.5. The van der Waals surface area contributed by atoms with Crippen LogP contribution in [0.1, 0.15) is 48.2 Å². The lowest BCUT2D eigenvalue weighted by atomic mass is 10.0. The fourth-order valence-electron chi connectivity index (χ4n) is 1.16. The SMILES string of the molecule is CCC(C)c1cc(C(=O)O)nc(C)n1. The summed E-state index contributed by atoms with van der Waals surface area (Å²) in [6, 6.07) is 1.55. The molecule has 0 saturated heterocycles. The summed E-state index contributed by atoms with van der Waals surface area (Å²) >= 11 is 0. The molecule has 0 aliphatic carbocycles. The Labute approximate surface area is 83.0 Å². The van der Waals surface area contributed by atoms with Gasteiger partial charge in [0.2, 0.25) is 0 Å². The van der Waals surface area contributed by atoms with E-state index in [1.165, 1.54) is 0 Å². The van der Waals surface area contributed by atoms with Gasteiger partial charge < -0.3 is 5.11 Å². The number of carboxylic acids is 1. The fourth-order valence-corrected chi connectivity index (χ4v) is 1.16. The second kappa shape index (κ2) is 4.17. The number of aryl methyl sites for hydroxylation is 1. The molecule has 1 aromatic rings. The number of aromatic carboxylic acids is 1. The Balaban J connectivity index is 3.13. The molecule has 1 rings (SSSR count). The molecule has 0 radical (unpaired) electrons. The minimum absolute atomic E-state index is 0.0767. The summed E-state index contributed by atoms with van der Waals surface area (Å²) in [4.78, 5) is 18.8. The monoisotopic (exact) mass is 194 g/mol. The van der Waals surface area contributed by atoms with Gasteiger partial charge in [0.15, 0.2) is 5.69 Å². The molecule has 0 saturated carbocycles. The highest BCUT2D eigenvalue weighted by molar-refractivity contribution is 5.85. The molecular formula is C10H14N2O2. The number of rotatable bonds is 3. The minimum atomic E-state index is -1.000. The van der Waals surface area contributed by atoms with Crippen LogP contribution in [0.25, 0.3) is 0 Å². The number of hydrogen-bond acceptors (Lipinski definition) is 3. The van der Waals surface area contributed by atoms with Gasteiger partial charge >= 0.3 is 5.97 Å². The number of nitrogens with zero attached hydrogens (tertiary/aromatic N) is 2. The average molecular weight is 194 g/mol. The summed E-state index contributed by atoms with van der Waals surface area (Å²) in [6.45, 7) is 5.77. The third-order valence-corrected chi connectivity index (χ3v) is 2.19. The number of carbonyl (C=O) groups is 1. The summed E-state index contributed by atoms with van der Waals surface area (Å²) in [7, 11) is 0. The molecule has 76 valence electrons. The van der Waals surface area contributed by atoms with E-state index in [9.17, 15) is 4.79 Å². The standard InChI is InChI=1S/C10H14N2O2/c1-4-6(2)8-5-9(10(13)14)12-7(3)11-8/h5-6H,4H2,1-3H3,(H,13,14). The number of aromatic nitrogens is 2. The molecule has 1 unspecified atom stereocenters. The zero-order valence-electron chi connectivity index (χ0n) is 8.61. The van der Waals surface area contributed by atoms with E-state index in [0.717, 1.165) is 12.1 Å². The van der Waals surface area contributed by atoms with E-state index in [-0.39, 0.29) is 11.6 Å². The Hall–Kier alpha value is -1.45. The summed E-state index contributed by atoms with van der Waals surface area (Å²) in [5.74, 6) is -0.213. The predicted molar refractivity (Wildman–Crippen MR) is 52.4 cm³/mol. The molecule has 1 atom stereocenters. The maximum atomic E-state index is 10.7. The predicted octanol–water partition coefficient (Wildman–Crippen LogP) is 2.00. The van der Waals surface area contributed by atoms with E-state index in [2.05, 4.69) is 9.97 Å². The van der Waals surface area contributed by atoms with Crippen molar-refractivity contribution in [1.29, 1.82) is 0 Å². The summed E-state index contributed by atoms with van der Waals surface area (Å²) in [5.41, 5.74) is 0.880. The molecule has 0 aliphatic heterocycles. The van der Waals surface area contributed by atoms with Crippen LogP contribution in [-0.4, -0.2) is 21.0 Å². The van der Waals surface area contributed by atoms with E-state index >= 15 is 0 Å². The van der Waals surface area contributed by atoms with Gasteiger partial charge in [0.25, 0.3) is 0 Å². The van der Waals surface area contributed by atoms with Crippen molar-refractivity contribution < 1.29 is 9.90 Å². The van der Waals surface area contributed by atoms with Crippen LogP contribution in [-0.2, 0) is 0 Å². The molecule has 4 heteroatoms. The molecule has 0 amide bonds. The molecular weight excluding hydrogens is 180 g/mol. The Morgan fingerprint density at radius 2 is 2.21 bits per heavy atom. The molecule has 0 fully saturated rings. The van der Waals surface area contributed by atoms with Gasteiger partial charge in [-0.15, -0.1) is 0 Å². The van der Waals surface area contributed by atoms with E-state index in [1.807, 2.05) is 13.8 Å². The van der Waals surface area contributed by atoms with Crippen molar-refractivity contribution in [3.8, 4) is 0 Å². The average Bonchev–Trinajstić information content (AvgIpc) is 2.15. The molecule has 0 aliphatic rings. The molecule has 1 heterocycles. The molecule has 4 nitrogen and oxygen atoms in total. The van der Waals surface area contributed by atoms with Crippen LogP contribution in [0, 0.1) is 6.92 Å². The number of carboxylic acid groups (broad SMARTS) is 1. The van der Waals surface area contributed by atoms with Crippen molar-refractivity contribution in [2.45, 2.75) is 33.1 Å². The van der Waals surface area contributed by atoms with Gasteiger partial charge in [0, 0.05) is 5.69 Å². The Morgan fingerprint density at radius 1 is 1.57 bits per heavy atom. The second-order valence-corrected chi connectivity index (χ2v) is 3.34. The Morgan fingerprint density at radius 3 is 2.71 bits per heavy atom. The first kappa shape index (κ1) is 10.6. The lowest BCUT2D eigenvalue weighted by molar-refractivity contribution is 0.0689. The van der Waals surface area contributed by atoms with Crippen LogP contribution < -0.4 is 0 Å². The minimum Gasteiger partial charge on any atom is -0.477 e. The van der Waals surface area contributed by atoms with E-state index in [0.29, 0.717) is 5.82 Å². The highest BCUT2D eigenvalue weighted by Gasteiger charge is 2.11. The van der Waals surface area contributed by atoms with Crippen LogP contribution in [0.4, 0.5) is 0 Å². The summed E-state index contributed by atoms with van der Waals surface area (Å²) in [5, 5.41) is 8.80.